The first-order valence-electron chi connectivity index (χ1n) is 7.74. The monoisotopic (exact) mass is 311 g/mol. The van der Waals surface area contributed by atoms with Crippen LogP contribution >= 0.6 is 11.6 Å². The van der Waals surface area contributed by atoms with E-state index >= 15 is 0 Å². The minimum absolute atomic E-state index is 0.0658. The quantitative estimate of drug-likeness (QED) is 0.772. The molecule has 1 fully saturated rings. The Morgan fingerprint density at radius 3 is 2.62 bits per heavy atom. The smallest absolute Gasteiger partial charge is 0.124 e. The highest BCUT2D eigenvalue weighted by atomic mass is 35.5. The first kappa shape index (κ1) is 16.6. The van der Waals surface area contributed by atoms with E-state index in [1.165, 1.54) is 5.56 Å². The molecular weight excluding hydrogens is 286 g/mol. The molecule has 0 aliphatic carbocycles. The zero-order valence-electron chi connectivity index (χ0n) is 13.4. The third-order valence-corrected chi connectivity index (χ3v) is 4.09. The van der Waals surface area contributed by atoms with Crippen molar-refractivity contribution in [3.63, 3.8) is 0 Å². The zero-order valence-corrected chi connectivity index (χ0v) is 14.2. The molecular formula is C17H26ClNO2. The van der Waals surface area contributed by atoms with E-state index in [1.807, 2.05) is 13.0 Å². The molecule has 1 saturated heterocycles. The molecule has 4 heteroatoms. The van der Waals surface area contributed by atoms with Gasteiger partial charge in [0.25, 0.3) is 0 Å². The van der Waals surface area contributed by atoms with Crippen molar-refractivity contribution >= 4 is 11.6 Å². The Morgan fingerprint density at radius 1 is 1.33 bits per heavy atom. The molecule has 0 spiro atoms. The maximum absolute atomic E-state index is 6.69. The van der Waals surface area contributed by atoms with Crippen molar-refractivity contribution in [1.82, 2.24) is 4.90 Å². The Bertz CT molecular complexity index is 456. The first-order chi connectivity index (χ1) is 9.99. The van der Waals surface area contributed by atoms with Crippen molar-refractivity contribution in [2.45, 2.75) is 45.3 Å². The lowest BCUT2D eigenvalue weighted by atomic mass is 10.1. The molecule has 1 aliphatic rings. The standard InChI is InChI=1S/C17H26ClNO2/c1-5-20-17-7-6-12(2)8-15(17)16(18)11-19-9-13(3)21-14(4)10-19/h6-8,13-14,16H,5,9-11H2,1-4H3. The number of aryl methyl sites for hydroxylation is 1. The number of alkyl halides is 1. The van der Waals surface area contributed by atoms with E-state index in [4.69, 9.17) is 21.1 Å². The third-order valence-electron chi connectivity index (χ3n) is 3.72. The predicted molar refractivity (Wildman–Crippen MR) is 87.4 cm³/mol. The maximum atomic E-state index is 6.69. The third kappa shape index (κ3) is 4.60. The van der Waals surface area contributed by atoms with Gasteiger partial charge < -0.3 is 9.47 Å². The summed E-state index contributed by atoms with van der Waals surface area (Å²) in [6.07, 6.45) is 0.531. The molecule has 3 nitrogen and oxygen atoms in total. The van der Waals surface area contributed by atoms with E-state index in [-0.39, 0.29) is 17.6 Å². The van der Waals surface area contributed by atoms with Crippen LogP contribution in [0.3, 0.4) is 0 Å². The molecule has 118 valence electrons. The van der Waals surface area contributed by atoms with Crippen LogP contribution in [0.15, 0.2) is 18.2 Å². The molecule has 0 N–H and O–H groups in total. The van der Waals surface area contributed by atoms with Crippen molar-refractivity contribution in [2.24, 2.45) is 0 Å². The minimum Gasteiger partial charge on any atom is -0.494 e. The summed E-state index contributed by atoms with van der Waals surface area (Å²) in [5, 5.41) is -0.0658. The number of hydrogen-bond acceptors (Lipinski definition) is 3. The van der Waals surface area contributed by atoms with E-state index in [2.05, 4.69) is 37.8 Å². The van der Waals surface area contributed by atoms with Gasteiger partial charge in [-0.25, -0.2) is 0 Å². The second-order valence-electron chi connectivity index (χ2n) is 5.92. The molecule has 0 amide bonds. The fraction of sp³-hybridized carbons (Fsp3) is 0.647. The Morgan fingerprint density at radius 2 is 2.00 bits per heavy atom. The van der Waals surface area contributed by atoms with Gasteiger partial charge in [0.05, 0.1) is 24.2 Å². The fourth-order valence-electron chi connectivity index (χ4n) is 2.96. The summed E-state index contributed by atoms with van der Waals surface area (Å²) in [5.74, 6) is 0.900. The highest BCUT2D eigenvalue weighted by Crippen LogP contribution is 2.32. The Kier molecular flexibility index (Phi) is 5.91. The van der Waals surface area contributed by atoms with E-state index < -0.39 is 0 Å². The first-order valence-corrected chi connectivity index (χ1v) is 8.18. The van der Waals surface area contributed by atoms with Crippen LogP contribution in [0.4, 0.5) is 0 Å². The van der Waals surface area contributed by atoms with Crippen LogP contribution in [0, 0.1) is 6.92 Å². The number of nitrogens with zero attached hydrogens (tertiary/aromatic N) is 1. The van der Waals surface area contributed by atoms with Gasteiger partial charge in [0, 0.05) is 25.2 Å². The van der Waals surface area contributed by atoms with Gasteiger partial charge in [0.2, 0.25) is 0 Å². The SMILES string of the molecule is CCOc1ccc(C)cc1C(Cl)CN1CC(C)OC(C)C1. The normalized spacial score (nSPS) is 24.8. The summed E-state index contributed by atoms with van der Waals surface area (Å²) in [4.78, 5) is 2.38. The molecule has 1 aromatic rings. The zero-order chi connectivity index (χ0) is 15.4. The number of ether oxygens (including phenoxy) is 2. The summed E-state index contributed by atoms with van der Waals surface area (Å²) < 4.78 is 11.5. The predicted octanol–water partition coefficient (Wildman–Crippen LogP) is 3.78. The number of rotatable bonds is 5. The molecule has 0 saturated carbocycles. The molecule has 0 bridgehead atoms. The van der Waals surface area contributed by atoms with Gasteiger partial charge in [0.15, 0.2) is 0 Å². The second-order valence-corrected chi connectivity index (χ2v) is 6.44. The van der Waals surface area contributed by atoms with Gasteiger partial charge in [-0.2, -0.15) is 0 Å². The van der Waals surface area contributed by atoms with Crippen LogP contribution in [0.2, 0.25) is 0 Å². The molecule has 0 radical (unpaired) electrons. The van der Waals surface area contributed by atoms with E-state index in [9.17, 15) is 0 Å². The average molecular weight is 312 g/mol. The maximum Gasteiger partial charge on any atom is 0.124 e. The van der Waals surface area contributed by atoms with Gasteiger partial charge in [-0.15, -0.1) is 11.6 Å². The summed E-state index contributed by atoms with van der Waals surface area (Å²) in [5.41, 5.74) is 2.30. The topological polar surface area (TPSA) is 21.7 Å². The number of hydrogen-bond donors (Lipinski definition) is 0. The average Bonchev–Trinajstić information content (AvgIpc) is 2.39. The van der Waals surface area contributed by atoms with Crippen LogP contribution in [0.5, 0.6) is 5.75 Å². The highest BCUT2D eigenvalue weighted by Gasteiger charge is 2.25. The Hall–Kier alpha value is -0.770. The molecule has 0 aromatic heterocycles. The Labute approximate surface area is 133 Å². The van der Waals surface area contributed by atoms with Crippen molar-refractivity contribution in [3.8, 4) is 5.75 Å². The van der Waals surface area contributed by atoms with E-state index in [1.54, 1.807) is 0 Å². The van der Waals surface area contributed by atoms with Crippen molar-refractivity contribution in [3.05, 3.63) is 29.3 Å². The largest absolute Gasteiger partial charge is 0.494 e. The molecule has 1 heterocycles. The molecule has 3 atom stereocenters. The van der Waals surface area contributed by atoms with Crippen LogP contribution in [-0.4, -0.2) is 43.3 Å². The van der Waals surface area contributed by atoms with Gasteiger partial charge in [-0.3, -0.25) is 4.90 Å². The van der Waals surface area contributed by atoms with Crippen LogP contribution in [0.1, 0.15) is 37.3 Å². The summed E-state index contributed by atoms with van der Waals surface area (Å²) in [6.45, 7) is 11.7. The van der Waals surface area contributed by atoms with Crippen molar-refractivity contribution < 1.29 is 9.47 Å². The lowest BCUT2D eigenvalue weighted by Gasteiger charge is -2.36. The summed E-state index contributed by atoms with van der Waals surface area (Å²) >= 11 is 6.69. The molecule has 21 heavy (non-hydrogen) atoms. The number of benzene rings is 1. The van der Waals surface area contributed by atoms with E-state index in [0.717, 1.165) is 30.9 Å². The molecule has 1 aromatic carbocycles. The van der Waals surface area contributed by atoms with Crippen LogP contribution in [-0.2, 0) is 4.74 Å². The fourth-order valence-corrected chi connectivity index (χ4v) is 3.32. The molecule has 1 aliphatic heterocycles. The van der Waals surface area contributed by atoms with Crippen LogP contribution in [0.25, 0.3) is 0 Å². The summed E-state index contributed by atoms with van der Waals surface area (Å²) in [7, 11) is 0. The number of halogens is 1. The van der Waals surface area contributed by atoms with Gasteiger partial charge in [-0.05, 0) is 33.8 Å². The highest BCUT2D eigenvalue weighted by molar-refractivity contribution is 6.21. The van der Waals surface area contributed by atoms with E-state index in [0.29, 0.717) is 6.61 Å². The van der Waals surface area contributed by atoms with Crippen LogP contribution < -0.4 is 4.74 Å². The molecule has 2 rings (SSSR count). The van der Waals surface area contributed by atoms with Gasteiger partial charge in [-0.1, -0.05) is 17.7 Å². The minimum atomic E-state index is -0.0658. The Balaban J connectivity index is 2.08. The lowest BCUT2D eigenvalue weighted by Crippen LogP contribution is -2.46. The lowest BCUT2D eigenvalue weighted by molar-refractivity contribution is -0.0678. The summed E-state index contributed by atoms with van der Waals surface area (Å²) in [6, 6.07) is 6.22. The van der Waals surface area contributed by atoms with Gasteiger partial charge in [0.1, 0.15) is 5.75 Å². The number of morpholine rings is 1. The van der Waals surface area contributed by atoms with Gasteiger partial charge >= 0.3 is 0 Å². The molecule has 3 unspecified atom stereocenters. The second kappa shape index (κ2) is 7.48. The van der Waals surface area contributed by atoms with Crippen molar-refractivity contribution in [1.29, 1.82) is 0 Å². The van der Waals surface area contributed by atoms with Crippen molar-refractivity contribution in [2.75, 3.05) is 26.2 Å².